The summed E-state index contributed by atoms with van der Waals surface area (Å²) in [5.41, 5.74) is 1.09. The summed E-state index contributed by atoms with van der Waals surface area (Å²) in [5.74, 6) is 2.16. The maximum Gasteiger partial charge on any atom is 0.249 e. The molecule has 1 aliphatic heterocycles. The smallest absolute Gasteiger partial charge is 0.249 e. The monoisotopic (exact) mass is 439 g/mol. The van der Waals surface area contributed by atoms with Crippen molar-refractivity contribution in [3.05, 3.63) is 71.6 Å². The highest BCUT2D eigenvalue weighted by Gasteiger charge is 2.33. The van der Waals surface area contributed by atoms with E-state index in [4.69, 9.17) is 14.0 Å². The largest absolute Gasteiger partial charge is 0.497 e. The number of hydrogen-bond donors (Lipinski definition) is 0. The van der Waals surface area contributed by atoms with Crippen LogP contribution in [0.5, 0.6) is 11.5 Å². The van der Waals surface area contributed by atoms with Gasteiger partial charge in [-0.2, -0.15) is 4.98 Å². The van der Waals surface area contributed by atoms with Gasteiger partial charge in [0.2, 0.25) is 11.8 Å². The Hall–Kier alpha value is -3.42. The van der Waals surface area contributed by atoms with E-state index in [0.717, 1.165) is 24.2 Å². The van der Waals surface area contributed by atoms with Crippen molar-refractivity contribution in [2.45, 2.75) is 38.1 Å². The zero-order chi connectivity index (χ0) is 22.3. The van der Waals surface area contributed by atoms with E-state index in [2.05, 4.69) is 10.1 Å². The van der Waals surface area contributed by atoms with E-state index in [1.807, 2.05) is 29.2 Å². The highest BCUT2D eigenvalue weighted by atomic mass is 19.1. The number of benzene rings is 2. The minimum atomic E-state index is -0.306. The van der Waals surface area contributed by atoms with Gasteiger partial charge >= 0.3 is 0 Å². The average Bonchev–Trinajstić information content (AvgIpc) is 3.49. The van der Waals surface area contributed by atoms with Crippen LogP contribution in [0.3, 0.4) is 0 Å². The van der Waals surface area contributed by atoms with Gasteiger partial charge in [0, 0.05) is 19.4 Å². The van der Waals surface area contributed by atoms with Gasteiger partial charge in [-0.25, -0.2) is 4.39 Å². The third-order valence-corrected chi connectivity index (χ3v) is 5.54. The van der Waals surface area contributed by atoms with Gasteiger partial charge in [-0.1, -0.05) is 17.3 Å². The standard InChI is InChI=1S/C24H26FN3O4/c1-30-19-9-4-17(5-10-19)6-13-23(29)28-15-2-3-21(28)24-26-22(27-32-24)14-16-31-20-11-7-18(25)8-12-20/h4-5,7-12,21H,2-3,6,13-16H2,1H3. The van der Waals surface area contributed by atoms with Crippen molar-refractivity contribution < 1.29 is 23.2 Å². The van der Waals surface area contributed by atoms with Crippen LogP contribution >= 0.6 is 0 Å². The number of halogens is 1. The molecule has 0 saturated carbocycles. The molecular formula is C24H26FN3O4. The first-order valence-corrected chi connectivity index (χ1v) is 10.8. The molecule has 1 fully saturated rings. The molecule has 0 radical (unpaired) electrons. The molecule has 0 spiro atoms. The molecule has 1 aromatic heterocycles. The molecule has 0 bridgehead atoms. The number of aromatic nitrogens is 2. The number of hydrogen-bond acceptors (Lipinski definition) is 6. The van der Waals surface area contributed by atoms with Crippen molar-refractivity contribution in [1.82, 2.24) is 15.0 Å². The molecule has 7 nitrogen and oxygen atoms in total. The van der Waals surface area contributed by atoms with Crippen LogP contribution in [0.1, 0.15) is 42.6 Å². The lowest BCUT2D eigenvalue weighted by Crippen LogP contribution is -2.30. The summed E-state index contributed by atoms with van der Waals surface area (Å²) in [4.78, 5) is 19.2. The van der Waals surface area contributed by atoms with Gasteiger partial charge in [0.15, 0.2) is 5.82 Å². The Kier molecular flexibility index (Phi) is 6.99. The molecule has 0 aliphatic carbocycles. The first-order valence-electron chi connectivity index (χ1n) is 10.8. The molecule has 168 valence electrons. The number of ether oxygens (including phenoxy) is 2. The molecule has 2 heterocycles. The summed E-state index contributed by atoms with van der Waals surface area (Å²) >= 11 is 0. The predicted octanol–water partition coefficient (Wildman–Crippen LogP) is 4.14. The van der Waals surface area contributed by atoms with Crippen LogP contribution in [0.15, 0.2) is 53.1 Å². The van der Waals surface area contributed by atoms with E-state index in [0.29, 0.717) is 49.9 Å². The molecule has 1 unspecified atom stereocenters. The van der Waals surface area contributed by atoms with Crippen molar-refractivity contribution in [2.24, 2.45) is 0 Å². The predicted molar refractivity (Wildman–Crippen MR) is 115 cm³/mol. The first-order chi connectivity index (χ1) is 15.6. The van der Waals surface area contributed by atoms with Crippen molar-refractivity contribution >= 4 is 5.91 Å². The minimum absolute atomic E-state index is 0.0858. The zero-order valence-electron chi connectivity index (χ0n) is 18.0. The maximum atomic E-state index is 13.0. The molecule has 1 aliphatic rings. The number of likely N-dealkylation sites (tertiary alicyclic amines) is 1. The second-order valence-electron chi connectivity index (χ2n) is 7.69. The quantitative estimate of drug-likeness (QED) is 0.499. The van der Waals surface area contributed by atoms with Crippen LogP contribution in [-0.2, 0) is 17.6 Å². The number of nitrogens with zero attached hydrogens (tertiary/aromatic N) is 3. The number of methoxy groups -OCH3 is 1. The molecule has 2 aromatic carbocycles. The molecule has 3 aromatic rings. The highest BCUT2D eigenvalue weighted by Crippen LogP contribution is 2.31. The Morgan fingerprint density at radius 1 is 1.12 bits per heavy atom. The van der Waals surface area contributed by atoms with Gasteiger partial charge < -0.3 is 18.9 Å². The Balaban J connectivity index is 1.29. The average molecular weight is 439 g/mol. The summed E-state index contributed by atoms with van der Waals surface area (Å²) in [7, 11) is 1.63. The molecule has 8 heteroatoms. The summed E-state index contributed by atoms with van der Waals surface area (Å²) in [6.07, 6.45) is 3.27. The lowest BCUT2D eigenvalue weighted by atomic mass is 10.1. The number of carbonyl (C=O) groups is 1. The van der Waals surface area contributed by atoms with Gasteiger partial charge in [0.1, 0.15) is 23.4 Å². The zero-order valence-corrected chi connectivity index (χ0v) is 18.0. The van der Waals surface area contributed by atoms with Crippen LogP contribution in [0, 0.1) is 5.82 Å². The molecule has 1 amide bonds. The normalized spacial score (nSPS) is 15.7. The fraction of sp³-hybridized carbons (Fsp3) is 0.375. The third-order valence-electron chi connectivity index (χ3n) is 5.54. The van der Waals surface area contributed by atoms with Crippen LogP contribution < -0.4 is 9.47 Å². The van der Waals surface area contributed by atoms with Gasteiger partial charge in [0.25, 0.3) is 0 Å². The van der Waals surface area contributed by atoms with Gasteiger partial charge in [0.05, 0.1) is 13.7 Å². The number of aryl methyl sites for hydroxylation is 1. The number of amides is 1. The lowest BCUT2D eigenvalue weighted by Gasteiger charge is -2.21. The van der Waals surface area contributed by atoms with Crippen LogP contribution in [-0.4, -0.2) is 41.2 Å². The maximum absolute atomic E-state index is 13.0. The van der Waals surface area contributed by atoms with Gasteiger partial charge in [-0.3, -0.25) is 4.79 Å². The summed E-state index contributed by atoms with van der Waals surface area (Å²) < 4.78 is 29.2. The molecule has 1 saturated heterocycles. The fourth-order valence-electron chi connectivity index (χ4n) is 3.80. The molecule has 1 atom stereocenters. The molecule has 4 rings (SSSR count). The number of rotatable bonds is 9. The van der Waals surface area contributed by atoms with Crippen molar-refractivity contribution in [3.63, 3.8) is 0 Å². The van der Waals surface area contributed by atoms with E-state index < -0.39 is 0 Å². The Bertz CT molecular complexity index is 1020. The minimum Gasteiger partial charge on any atom is -0.497 e. The summed E-state index contributed by atoms with van der Waals surface area (Å²) in [5, 5.41) is 4.03. The second kappa shape index (κ2) is 10.3. The van der Waals surface area contributed by atoms with E-state index in [1.54, 1.807) is 19.2 Å². The third kappa shape index (κ3) is 5.43. The fourth-order valence-corrected chi connectivity index (χ4v) is 3.80. The van der Waals surface area contributed by atoms with E-state index in [-0.39, 0.29) is 17.8 Å². The first kappa shape index (κ1) is 21.8. The van der Waals surface area contributed by atoms with Crippen LogP contribution in [0.2, 0.25) is 0 Å². The highest BCUT2D eigenvalue weighted by molar-refractivity contribution is 5.77. The van der Waals surface area contributed by atoms with Crippen molar-refractivity contribution in [1.29, 1.82) is 0 Å². The summed E-state index contributed by atoms with van der Waals surface area (Å²) in [6, 6.07) is 13.4. The molecule has 0 N–H and O–H groups in total. The Morgan fingerprint density at radius 2 is 1.88 bits per heavy atom. The van der Waals surface area contributed by atoms with E-state index in [1.165, 1.54) is 12.1 Å². The van der Waals surface area contributed by atoms with Gasteiger partial charge in [-0.05, 0) is 61.2 Å². The SMILES string of the molecule is COc1ccc(CCC(=O)N2CCCC2c2nc(CCOc3ccc(F)cc3)no2)cc1. The Labute approximate surface area is 186 Å². The van der Waals surface area contributed by atoms with Gasteiger partial charge in [-0.15, -0.1) is 0 Å². The Morgan fingerprint density at radius 3 is 2.62 bits per heavy atom. The van der Waals surface area contributed by atoms with Crippen LogP contribution in [0.4, 0.5) is 4.39 Å². The lowest BCUT2D eigenvalue weighted by molar-refractivity contribution is -0.132. The molecule has 32 heavy (non-hydrogen) atoms. The van der Waals surface area contributed by atoms with Crippen molar-refractivity contribution in [2.75, 3.05) is 20.3 Å². The van der Waals surface area contributed by atoms with E-state index in [9.17, 15) is 9.18 Å². The molecular weight excluding hydrogens is 413 g/mol. The summed E-state index contributed by atoms with van der Waals surface area (Å²) in [6.45, 7) is 1.04. The van der Waals surface area contributed by atoms with E-state index >= 15 is 0 Å². The number of carbonyl (C=O) groups excluding carboxylic acids is 1. The van der Waals surface area contributed by atoms with Crippen LogP contribution in [0.25, 0.3) is 0 Å². The topological polar surface area (TPSA) is 77.7 Å². The van der Waals surface area contributed by atoms with Crippen molar-refractivity contribution in [3.8, 4) is 11.5 Å². The second-order valence-corrected chi connectivity index (χ2v) is 7.69.